The van der Waals surface area contributed by atoms with E-state index in [1.807, 2.05) is 51.1 Å². The maximum atomic E-state index is 12.2. The lowest BCUT2D eigenvalue weighted by molar-refractivity contribution is 0.00536. The highest BCUT2D eigenvalue weighted by Gasteiger charge is 2.36. The first kappa shape index (κ1) is 15.8. The summed E-state index contributed by atoms with van der Waals surface area (Å²) in [4.78, 5) is 13.9. The molecule has 1 fully saturated rings. The zero-order chi connectivity index (χ0) is 15.5. The molecule has 1 amide bonds. The second-order valence-electron chi connectivity index (χ2n) is 6.64. The van der Waals surface area contributed by atoms with Crippen molar-refractivity contribution in [2.45, 2.75) is 57.8 Å². The van der Waals surface area contributed by atoms with E-state index in [0.29, 0.717) is 13.0 Å². The van der Waals surface area contributed by atoms with Crippen molar-refractivity contribution in [1.82, 2.24) is 4.90 Å². The summed E-state index contributed by atoms with van der Waals surface area (Å²) < 4.78 is 5.43. The number of benzene rings is 1. The van der Waals surface area contributed by atoms with Crippen LogP contribution in [0.4, 0.5) is 4.79 Å². The Morgan fingerprint density at radius 2 is 2.05 bits per heavy atom. The van der Waals surface area contributed by atoms with Crippen molar-refractivity contribution in [3.05, 3.63) is 35.9 Å². The third-order valence-corrected chi connectivity index (χ3v) is 3.66. The Kier molecular flexibility index (Phi) is 4.88. The zero-order valence-corrected chi connectivity index (χ0v) is 13.1. The Bertz CT molecular complexity index is 467. The predicted molar refractivity (Wildman–Crippen MR) is 82.1 cm³/mol. The van der Waals surface area contributed by atoms with E-state index in [1.165, 1.54) is 0 Å². The van der Waals surface area contributed by atoms with Gasteiger partial charge in [0.05, 0.1) is 12.1 Å². The first-order valence-electron chi connectivity index (χ1n) is 7.58. The van der Waals surface area contributed by atoms with Crippen LogP contribution in [0.25, 0.3) is 0 Å². The number of likely N-dealkylation sites (tertiary alicyclic amines) is 1. The van der Waals surface area contributed by atoms with Crippen LogP contribution in [0.2, 0.25) is 0 Å². The average Bonchev–Trinajstić information content (AvgIpc) is 2.87. The van der Waals surface area contributed by atoms with Crippen LogP contribution in [0.1, 0.15) is 39.2 Å². The summed E-state index contributed by atoms with van der Waals surface area (Å²) in [5.41, 5.74) is 0.579. The molecule has 1 aliphatic rings. The van der Waals surface area contributed by atoms with Crippen LogP contribution in [-0.2, 0) is 11.2 Å². The summed E-state index contributed by atoms with van der Waals surface area (Å²) in [6.45, 7) is 6.23. The van der Waals surface area contributed by atoms with Crippen molar-refractivity contribution in [3.8, 4) is 0 Å². The molecule has 21 heavy (non-hydrogen) atoms. The normalized spacial score (nSPS) is 20.4. The Labute approximate surface area is 126 Å². The van der Waals surface area contributed by atoms with Gasteiger partial charge in [-0.3, -0.25) is 0 Å². The minimum atomic E-state index is -0.553. The molecular formula is C17H25NO3. The molecule has 1 saturated heterocycles. The van der Waals surface area contributed by atoms with E-state index in [9.17, 15) is 9.90 Å². The molecule has 0 spiro atoms. The fourth-order valence-corrected chi connectivity index (χ4v) is 2.73. The van der Waals surface area contributed by atoms with Gasteiger partial charge < -0.3 is 14.7 Å². The molecule has 1 aromatic rings. The van der Waals surface area contributed by atoms with Gasteiger partial charge in [-0.25, -0.2) is 4.79 Å². The average molecular weight is 291 g/mol. The molecule has 1 aliphatic heterocycles. The monoisotopic (exact) mass is 291 g/mol. The standard InChI is InChI=1S/C17H25NO3/c1-17(2,3)21-16(20)18-11-7-10-14(18)15(19)12-13-8-5-4-6-9-13/h4-6,8-9,14-15,19H,7,10-12H2,1-3H3/t14-,15?/m0/s1. The number of rotatable bonds is 3. The summed E-state index contributed by atoms with van der Waals surface area (Å²) in [7, 11) is 0. The number of aliphatic hydroxyl groups excluding tert-OH is 1. The molecule has 0 saturated carbocycles. The van der Waals surface area contributed by atoms with Gasteiger partial charge in [-0.2, -0.15) is 0 Å². The smallest absolute Gasteiger partial charge is 0.410 e. The second kappa shape index (κ2) is 6.48. The van der Waals surface area contributed by atoms with Gasteiger partial charge in [0.1, 0.15) is 5.60 Å². The fraction of sp³-hybridized carbons (Fsp3) is 0.588. The Hall–Kier alpha value is -1.55. The number of nitrogens with zero attached hydrogens (tertiary/aromatic N) is 1. The molecule has 1 heterocycles. The van der Waals surface area contributed by atoms with Gasteiger partial charge in [0.15, 0.2) is 0 Å². The third-order valence-electron chi connectivity index (χ3n) is 3.66. The molecule has 0 aliphatic carbocycles. The maximum absolute atomic E-state index is 12.2. The van der Waals surface area contributed by atoms with Crippen LogP contribution < -0.4 is 0 Å². The number of hydrogen-bond donors (Lipinski definition) is 1. The SMILES string of the molecule is CC(C)(C)OC(=O)N1CCC[C@H]1C(O)Cc1ccccc1. The lowest BCUT2D eigenvalue weighted by atomic mass is 10.0. The van der Waals surface area contributed by atoms with Gasteiger partial charge in [0, 0.05) is 13.0 Å². The van der Waals surface area contributed by atoms with E-state index in [0.717, 1.165) is 18.4 Å². The lowest BCUT2D eigenvalue weighted by Crippen LogP contribution is -2.45. The van der Waals surface area contributed by atoms with Crippen LogP contribution >= 0.6 is 0 Å². The molecule has 0 bridgehead atoms. The Balaban J connectivity index is 1.99. The number of amides is 1. The number of carbonyl (C=O) groups excluding carboxylic acids is 1. The quantitative estimate of drug-likeness (QED) is 0.931. The first-order valence-corrected chi connectivity index (χ1v) is 7.58. The molecule has 2 atom stereocenters. The van der Waals surface area contributed by atoms with Crippen LogP contribution in [0.15, 0.2) is 30.3 Å². The van der Waals surface area contributed by atoms with Crippen molar-refractivity contribution >= 4 is 6.09 Å². The second-order valence-corrected chi connectivity index (χ2v) is 6.64. The first-order chi connectivity index (χ1) is 9.87. The zero-order valence-electron chi connectivity index (χ0n) is 13.1. The van der Waals surface area contributed by atoms with E-state index in [2.05, 4.69) is 0 Å². The molecule has 0 radical (unpaired) electrons. The van der Waals surface area contributed by atoms with Gasteiger partial charge in [-0.05, 0) is 39.2 Å². The minimum absolute atomic E-state index is 0.153. The molecule has 4 nitrogen and oxygen atoms in total. The molecule has 0 aromatic heterocycles. The molecule has 1 aromatic carbocycles. The van der Waals surface area contributed by atoms with Crippen LogP contribution in [0, 0.1) is 0 Å². The third kappa shape index (κ3) is 4.46. The number of carbonyl (C=O) groups is 1. The van der Waals surface area contributed by atoms with Crippen molar-refractivity contribution < 1.29 is 14.6 Å². The summed E-state index contributed by atoms with van der Waals surface area (Å²) in [6.07, 6.45) is 1.42. The Morgan fingerprint density at radius 3 is 2.67 bits per heavy atom. The molecular weight excluding hydrogens is 266 g/mol. The highest BCUT2D eigenvalue weighted by molar-refractivity contribution is 5.69. The maximum Gasteiger partial charge on any atom is 0.410 e. The molecule has 116 valence electrons. The molecule has 1 unspecified atom stereocenters. The van der Waals surface area contributed by atoms with Gasteiger partial charge in [0.2, 0.25) is 0 Å². The van der Waals surface area contributed by atoms with E-state index in [4.69, 9.17) is 4.74 Å². The molecule has 1 N–H and O–H groups in total. The lowest BCUT2D eigenvalue weighted by Gasteiger charge is -2.31. The van der Waals surface area contributed by atoms with Crippen LogP contribution in [-0.4, -0.2) is 40.4 Å². The van der Waals surface area contributed by atoms with Crippen molar-refractivity contribution in [3.63, 3.8) is 0 Å². The van der Waals surface area contributed by atoms with E-state index < -0.39 is 11.7 Å². The molecule has 2 rings (SSSR count). The summed E-state index contributed by atoms with van der Waals surface area (Å²) in [5, 5.41) is 10.5. The highest BCUT2D eigenvalue weighted by atomic mass is 16.6. The fourth-order valence-electron chi connectivity index (χ4n) is 2.73. The topological polar surface area (TPSA) is 49.8 Å². The van der Waals surface area contributed by atoms with Gasteiger partial charge >= 0.3 is 6.09 Å². The summed E-state index contributed by atoms with van der Waals surface area (Å²) >= 11 is 0. The van der Waals surface area contributed by atoms with Gasteiger partial charge in [0.25, 0.3) is 0 Å². The number of hydrogen-bond acceptors (Lipinski definition) is 3. The van der Waals surface area contributed by atoms with Gasteiger partial charge in [-0.1, -0.05) is 30.3 Å². The van der Waals surface area contributed by atoms with E-state index >= 15 is 0 Å². The van der Waals surface area contributed by atoms with Crippen molar-refractivity contribution in [2.24, 2.45) is 0 Å². The summed E-state index contributed by atoms with van der Waals surface area (Å²) in [6, 6.07) is 9.72. The Morgan fingerprint density at radius 1 is 1.38 bits per heavy atom. The number of ether oxygens (including phenoxy) is 1. The summed E-state index contributed by atoms with van der Waals surface area (Å²) in [5.74, 6) is 0. The van der Waals surface area contributed by atoms with Crippen LogP contribution in [0.5, 0.6) is 0 Å². The van der Waals surface area contributed by atoms with Crippen molar-refractivity contribution in [2.75, 3.05) is 6.54 Å². The highest BCUT2D eigenvalue weighted by Crippen LogP contribution is 2.24. The minimum Gasteiger partial charge on any atom is -0.444 e. The van der Waals surface area contributed by atoms with Crippen molar-refractivity contribution in [1.29, 1.82) is 0 Å². The predicted octanol–water partition coefficient (Wildman–Crippen LogP) is 2.99. The largest absolute Gasteiger partial charge is 0.444 e. The molecule has 4 heteroatoms. The van der Waals surface area contributed by atoms with E-state index in [1.54, 1.807) is 4.90 Å². The number of aliphatic hydroxyl groups is 1. The van der Waals surface area contributed by atoms with E-state index in [-0.39, 0.29) is 12.1 Å². The van der Waals surface area contributed by atoms with Crippen LogP contribution in [0.3, 0.4) is 0 Å². The van der Waals surface area contributed by atoms with Gasteiger partial charge in [-0.15, -0.1) is 0 Å².